The molecule has 0 aliphatic carbocycles. The Morgan fingerprint density at radius 3 is 2.75 bits per heavy atom. The maximum Gasteiger partial charge on any atom is 0.409 e. The number of carbonyl (C=O) groups excluding carboxylic acids is 1. The normalized spacial score (nSPS) is 13.8. The molecule has 0 saturated heterocycles. The largest absolute Gasteiger partial charge is 0.490 e. The van der Waals surface area contributed by atoms with Gasteiger partial charge >= 0.3 is 6.09 Å². The number of carbonyl (C=O) groups is 1. The van der Waals surface area contributed by atoms with Crippen LogP contribution in [0.4, 0.5) is 16.2 Å². The SMILES string of the molecule is COC(=O)N(CCN1CCOc2ccc([N+](=O)[O-])cc21)C(C)(C)C. The highest BCUT2D eigenvalue weighted by atomic mass is 16.6. The number of non-ortho nitro benzene ring substituents is 1. The summed E-state index contributed by atoms with van der Waals surface area (Å²) in [6, 6.07) is 4.55. The number of methoxy groups -OCH3 is 1. The molecule has 8 heteroatoms. The highest BCUT2D eigenvalue weighted by molar-refractivity contribution is 5.69. The zero-order valence-corrected chi connectivity index (χ0v) is 14.4. The number of nitro groups is 1. The number of fused-ring (bicyclic) bond motifs is 1. The summed E-state index contributed by atoms with van der Waals surface area (Å²) in [5.74, 6) is 0.618. The number of amides is 1. The van der Waals surface area contributed by atoms with Crippen molar-refractivity contribution in [1.82, 2.24) is 4.90 Å². The minimum absolute atomic E-state index is 0.0184. The summed E-state index contributed by atoms with van der Waals surface area (Å²) < 4.78 is 10.4. The Kier molecular flexibility index (Phi) is 5.16. The highest BCUT2D eigenvalue weighted by Gasteiger charge is 2.29. The third kappa shape index (κ3) is 3.87. The second-order valence-electron chi connectivity index (χ2n) is 6.54. The van der Waals surface area contributed by atoms with E-state index in [1.807, 2.05) is 25.7 Å². The van der Waals surface area contributed by atoms with Gasteiger partial charge in [0, 0.05) is 30.8 Å². The van der Waals surface area contributed by atoms with Crippen molar-refractivity contribution >= 4 is 17.5 Å². The van der Waals surface area contributed by atoms with Crippen molar-refractivity contribution < 1.29 is 19.2 Å². The van der Waals surface area contributed by atoms with Crippen LogP contribution in [0.1, 0.15) is 20.8 Å². The fraction of sp³-hybridized carbons (Fsp3) is 0.562. The summed E-state index contributed by atoms with van der Waals surface area (Å²) in [4.78, 5) is 26.2. The van der Waals surface area contributed by atoms with Crippen molar-refractivity contribution in [1.29, 1.82) is 0 Å². The number of nitrogens with zero attached hydrogens (tertiary/aromatic N) is 3. The van der Waals surface area contributed by atoms with Crippen LogP contribution in [0.25, 0.3) is 0 Å². The molecule has 1 amide bonds. The molecule has 1 aromatic rings. The molecule has 0 fully saturated rings. The number of hydrogen-bond donors (Lipinski definition) is 0. The van der Waals surface area contributed by atoms with Gasteiger partial charge in [-0.15, -0.1) is 0 Å². The monoisotopic (exact) mass is 337 g/mol. The van der Waals surface area contributed by atoms with Crippen LogP contribution in [0.3, 0.4) is 0 Å². The molecule has 0 N–H and O–H groups in total. The first kappa shape index (κ1) is 17.8. The van der Waals surface area contributed by atoms with Crippen molar-refractivity contribution in [3.63, 3.8) is 0 Å². The van der Waals surface area contributed by atoms with Gasteiger partial charge in [0.15, 0.2) is 0 Å². The van der Waals surface area contributed by atoms with E-state index in [2.05, 4.69) is 0 Å². The van der Waals surface area contributed by atoms with Gasteiger partial charge in [0.25, 0.3) is 5.69 Å². The van der Waals surface area contributed by atoms with Crippen LogP contribution in [-0.2, 0) is 4.74 Å². The van der Waals surface area contributed by atoms with Crippen LogP contribution >= 0.6 is 0 Å². The lowest BCUT2D eigenvalue weighted by molar-refractivity contribution is -0.384. The number of hydrogen-bond acceptors (Lipinski definition) is 6. The Balaban J connectivity index is 2.18. The molecule has 0 radical (unpaired) electrons. The lowest BCUT2D eigenvalue weighted by atomic mass is 10.1. The molecule has 1 aliphatic heterocycles. The molecule has 1 aliphatic rings. The maximum atomic E-state index is 12.0. The molecular weight excluding hydrogens is 314 g/mol. The summed E-state index contributed by atoms with van der Waals surface area (Å²) in [7, 11) is 1.36. The lowest BCUT2D eigenvalue weighted by Gasteiger charge is -2.37. The molecule has 0 spiro atoms. The van der Waals surface area contributed by atoms with Gasteiger partial charge < -0.3 is 19.3 Å². The third-order valence-electron chi connectivity index (χ3n) is 3.91. The number of nitro benzene ring substituents is 1. The molecule has 0 saturated carbocycles. The van der Waals surface area contributed by atoms with Crippen LogP contribution in [-0.4, -0.2) is 54.8 Å². The van der Waals surface area contributed by atoms with E-state index in [1.165, 1.54) is 19.2 Å². The van der Waals surface area contributed by atoms with Gasteiger partial charge in [-0.1, -0.05) is 0 Å². The topological polar surface area (TPSA) is 85.2 Å². The molecule has 0 bridgehead atoms. The number of anilines is 1. The van der Waals surface area contributed by atoms with E-state index in [0.717, 1.165) is 0 Å². The van der Waals surface area contributed by atoms with Crippen LogP contribution in [0.15, 0.2) is 18.2 Å². The first-order valence-electron chi connectivity index (χ1n) is 7.76. The van der Waals surface area contributed by atoms with Gasteiger partial charge in [-0.2, -0.15) is 0 Å². The van der Waals surface area contributed by atoms with Crippen LogP contribution < -0.4 is 9.64 Å². The van der Waals surface area contributed by atoms with E-state index in [9.17, 15) is 14.9 Å². The van der Waals surface area contributed by atoms with Gasteiger partial charge in [0.2, 0.25) is 0 Å². The summed E-state index contributed by atoms with van der Waals surface area (Å²) in [5.41, 5.74) is 0.310. The van der Waals surface area contributed by atoms with E-state index in [-0.39, 0.29) is 11.2 Å². The number of rotatable bonds is 4. The van der Waals surface area contributed by atoms with Gasteiger partial charge in [-0.25, -0.2) is 4.79 Å². The Labute approximate surface area is 141 Å². The molecule has 0 unspecified atom stereocenters. The third-order valence-corrected chi connectivity index (χ3v) is 3.91. The average Bonchev–Trinajstić information content (AvgIpc) is 2.53. The molecule has 0 aromatic heterocycles. The summed E-state index contributed by atoms with van der Waals surface area (Å²) >= 11 is 0. The summed E-state index contributed by atoms with van der Waals surface area (Å²) in [6.45, 7) is 7.88. The number of ether oxygens (including phenoxy) is 2. The molecule has 0 atom stereocenters. The molecular formula is C16H23N3O5. The second kappa shape index (κ2) is 6.94. The van der Waals surface area contributed by atoms with Gasteiger partial charge in [-0.3, -0.25) is 10.1 Å². The zero-order chi connectivity index (χ0) is 17.9. The number of benzene rings is 1. The highest BCUT2D eigenvalue weighted by Crippen LogP contribution is 2.34. The summed E-state index contributed by atoms with van der Waals surface area (Å²) in [6.07, 6.45) is -0.393. The Morgan fingerprint density at radius 1 is 1.46 bits per heavy atom. The standard InChI is InChI=1S/C16H23N3O5/c1-16(2,3)18(15(20)23-4)8-7-17-9-10-24-14-6-5-12(19(21)22)11-13(14)17/h5-6,11H,7-10H2,1-4H3. The molecule has 1 heterocycles. The minimum Gasteiger partial charge on any atom is -0.490 e. The Morgan fingerprint density at radius 2 is 2.17 bits per heavy atom. The van der Waals surface area contributed by atoms with Crippen molar-refractivity contribution in [3.05, 3.63) is 28.3 Å². The maximum absolute atomic E-state index is 12.0. The van der Waals surface area contributed by atoms with E-state index in [4.69, 9.17) is 9.47 Å². The first-order chi connectivity index (χ1) is 11.2. The quantitative estimate of drug-likeness (QED) is 0.620. The van der Waals surface area contributed by atoms with E-state index >= 15 is 0 Å². The Bertz CT molecular complexity index is 627. The molecule has 24 heavy (non-hydrogen) atoms. The predicted molar refractivity (Wildman–Crippen MR) is 89.7 cm³/mol. The van der Waals surface area contributed by atoms with Crippen molar-refractivity contribution in [3.8, 4) is 5.75 Å². The van der Waals surface area contributed by atoms with Crippen LogP contribution in [0.5, 0.6) is 5.75 Å². The molecule has 1 aromatic carbocycles. The second-order valence-corrected chi connectivity index (χ2v) is 6.54. The van der Waals surface area contributed by atoms with Crippen LogP contribution in [0, 0.1) is 10.1 Å². The lowest BCUT2D eigenvalue weighted by Crippen LogP contribution is -2.49. The van der Waals surface area contributed by atoms with Crippen LogP contribution in [0.2, 0.25) is 0 Å². The van der Waals surface area contributed by atoms with Crippen molar-refractivity contribution in [2.75, 3.05) is 38.3 Å². The predicted octanol–water partition coefficient (Wildman–Crippen LogP) is 2.66. The average molecular weight is 337 g/mol. The molecule has 132 valence electrons. The Hall–Kier alpha value is -2.51. The van der Waals surface area contributed by atoms with Gasteiger partial charge in [0.1, 0.15) is 12.4 Å². The van der Waals surface area contributed by atoms with Gasteiger partial charge in [0.05, 0.1) is 24.3 Å². The van der Waals surface area contributed by atoms with E-state index in [0.29, 0.717) is 37.7 Å². The van der Waals surface area contributed by atoms with E-state index in [1.54, 1.807) is 11.0 Å². The van der Waals surface area contributed by atoms with E-state index < -0.39 is 11.0 Å². The first-order valence-corrected chi connectivity index (χ1v) is 7.76. The smallest absolute Gasteiger partial charge is 0.409 e. The fourth-order valence-corrected chi connectivity index (χ4v) is 2.64. The minimum atomic E-state index is -0.428. The zero-order valence-electron chi connectivity index (χ0n) is 14.4. The molecule has 2 rings (SSSR count). The van der Waals surface area contributed by atoms with Crippen molar-refractivity contribution in [2.45, 2.75) is 26.3 Å². The van der Waals surface area contributed by atoms with Crippen molar-refractivity contribution in [2.24, 2.45) is 0 Å². The summed E-state index contributed by atoms with van der Waals surface area (Å²) in [5, 5.41) is 11.0. The molecule has 8 nitrogen and oxygen atoms in total. The fourth-order valence-electron chi connectivity index (χ4n) is 2.64. The van der Waals surface area contributed by atoms with Gasteiger partial charge in [-0.05, 0) is 26.8 Å².